The third-order valence-corrected chi connectivity index (χ3v) is 1.94. The Balaban J connectivity index is 2.44. The maximum absolute atomic E-state index is 5.59. The largest absolute Gasteiger partial charge is 0.384 e. The van der Waals surface area contributed by atoms with Crippen LogP contribution in [0.1, 0.15) is 5.56 Å². The van der Waals surface area contributed by atoms with Gasteiger partial charge in [0.2, 0.25) is 0 Å². The number of aryl methyl sites for hydroxylation is 1. The van der Waals surface area contributed by atoms with Crippen molar-refractivity contribution in [1.82, 2.24) is 9.97 Å². The molecule has 0 atom stereocenters. The van der Waals surface area contributed by atoms with Crippen LogP contribution in [0.4, 0.5) is 5.82 Å². The lowest BCUT2D eigenvalue weighted by Crippen LogP contribution is -1.92. The highest BCUT2D eigenvalue weighted by atomic mass is 14.9. The Bertz CT molecular complexity index is 435. The Morgan fingerprint density at radius 3 is 2.57 bits per heavy atom. The molecule has 3 nitrogen and oxygen atoms in total. The smallest absolute Gasteiger partial charge is 0.124 e. The average Bonchev–Trinajstić information content (AvgIpc) is 2.19. The van der Waals surface area contributed by atoms with E-state index in [9.17, 15) is 0 Å². The minimum absolute atomic E-state index is 0.518. The van der Waals surface area contributed by atoms with Crippen molar-refractivity contribution in [3.8, 4) is 11.4 Å². The number of anilines is 1. The molecule has 0 unspecified atom stereocenters. The number of nitrogens with two attached hydrogens (primary N) is 1. The Kier molecular flexibility index (Phi) is 2.14. The molecule has 0 bridgehead atoms. The van der Waals surface area contributed by atoms with Gasteiger partial charge in [0.1, 0.15) is 5.82 Å². The third-order valence-electron chi connectivity index (χ3n) is 1.94. The first-order valence-electron chi connectivity index (χ1n) is 4.41. The summed E-state index contributed by atoms with van der Waals surface area (Å²) < 4.78 is 0. The first-order chi connectivity index (χ1) is 6.75. The van der Waals surface area contributed by atoms with Crippen molar-refractivity contribution in [2.75, 3.05) is 5.73 Å². The summed E-state index contributed by atoms with van der Waals surface area (Å²) >= 11 is 0. The lowest BCUT2D eigenvalue weighted by atomic mass is 10.2. The van der Waals surface area contributed by atoms with Gasteiger partial charge in [-0.15, -0.1) is 0 Å². The summed E-state index contributed by atoms with van der Waals surface area (Å²) in [6, 6.07) is 9.48. The fourth-order valence-corrected chi connectivity index (χ4v) is 1.21. The lowest BCUT2D eigenvalue weighted by Gasteiger charge is -2.00. The molecule has 3 heteroatoms. The summed E-state index contributed by atoms with van der Waals surface area (Å²) in [5.74, 6) is 0.518. The van der Waals surface area contributed by atoms with E-state index < -0.39 is 0 Å². The van der Waals surface area contributed by atoms with Crippen LogP contribution in [0.2, 0.25) is 0 Å². The van der Waals surface area contributed by atoms with Crippen LogP contribution in [0.3, 0.4) is 0 Å². The second-order valence-corrected chi connectivity index (χ2v) is 3.17. The van der Waals surface area contributed by atoms with Gasteiger partial charge in [-0.1, -0.05) is 12.1 Å². The quantitative estimate of drug-likeness (QED) is 0.739. The van der Waals surface area contributed by atoms with Crippen LogP contribution in [0.25, 0.3) is 11.4 Å². The zero-order valence-electron chi connectivity index (χ0n) is 7.94. The molecule has 2 aromatic rings. The van der Waals surface area contributed by atoms with Gasteiger partial charge in [0.05, 0.1) is 11.4 Å². The second kappa shape index (κ2) is 3.46. The zero-order valence-corrected chi connectivity index (χ0v) is 7.94. The van der Waals surface area contributed by atoms with Crippen LogP contribution in [0, 0.1) is 6.92 Å². The van der Waals surface area contributed by atoms with Crippen molar-refractivity contribution in [3.63, 3.8) is 0 Å². The first kappa shape index (κ1) is 8.69. The van der Waals surface area contributed by atoms with Crippen LogP contribution in [-0.2, 0) is 0 Å². The van der Waals surface area contributed by atoms with Crippen molar-refractivity contribution in [2.45, 2.75) is 6.92 Å². The van der Waals surface area contributed by atoms with Crippen molar-refractivity contribution < 1.29 is 0 Å². The second-order valence-electron chi connectivity index (χ2n) is 3.17. The van der Waals surface area contributed by atoms with Crippen LogP contribution in [0.15, 0.2) is 36.5 Å². The molecule has 0 aliphatic rings. The van der Waals surface area contributed by atoms with Crippen LogP contribution < -0.4 is 5.73 Å². The summed E-state index contributed by atoms with van der Waals surface area (Å²) in [4.78, 5) is 8.46. The van der Waals surface area contributed by atoms with E-state index >= 15 is 0 Å². The molecule has 2 rings (SSSR count). The molecular weight excluding hydrogens is 174 g/mol. The summed E-state index contributed by atoms with van der Waals surface area (Å²) in [6.07, 6.45) is 1.82. The maximum Gasteiger partial charge on any atom is 0.124 e. The van der Waals surface area contributed by atoms with Gasteiger partial charge in [-0.3, -0.25) is 4.98 Å². The topological polar surface area (TPSA) is 51.8 Å². The van der Waals surface area contributed by atoms with Crippen molar-refractivity contribution in [2.24, 2.45) is 0 Å². The molecule has 0 saturated heterocycles. The Morgan fingerprint density at radius 2 is 1.93 bits per heavy atom. The molecule has 14 heavy (non-hydrogen) atoms. The van der Waals surface area contributed by atoms with E-state index in [1.165, 1.54) is 0 Å². The monoisotopic (exact) mass is 185 g/mol. The minimum atomic E-state index is 0.518. The molecule has 2 aromatic heterocycles. The molecule has 0 amide bonds. The molecule has 0 fully saturated rings. The number of aromatic nitrogens is 2. The van der Waals surface area contributed by atoms with Crippen molar-refractivity contribution >= 4 is 5.82 Å². The molecule has 70 valence electrons. The predicted octanol–water partition coefficient (Wildman–Crippen LogP) is 2.03. The van der Waals surface area contributed by atoms with E-state index in [1.807, 2.05) is 37.4 Å². The summed E-state index contributed by atoms with van der Waals surface area (Å²) in [5, 5.41) is 0. The Hall–Kier alpha value is -1.90. The van der Waals surface area contributed by atoms with E-state index in [4.69, 9.17) is 5.73 Å². The maximum atomic E-state index is 5.59. The van der Waals surface area contributed by atoms with E-state index in [0.717, 1.165) is 17.0 Å². The molecule has 0 aliphatic carbocycles. The van der Waals surface area contributed by atoms with Gasteiger partial charge in [-0.2, -0.15) is 0 Å². The highest BCUT2D eigenvalue weighted by Crippen LogP contribution is 2.15. The summed E-state index contributed by atoms with van der Waals surface area (Å²) in [6.45, 7) is 2.00. The normalized spacial score (nSPS) is 10.1. The average molecular weight is 185 g/mol. The van der Waals surface area contributed by atoms with Crippen molar-refractivity contribution in [1.29, 1.82) is 0 Å². The highest BCUT2D eigenvalue weighted by Gasteiger charge is 1.99. The van der Waals surface area contributed by atoms with Crippen molar-refractivity contribution in [3.05, 3.63) is 42.1 Å². The Morgan fingerprint density at radius 1 is 1.07 bits per heavy atom. The number of rotatable bonds is 1. The number of nitrogens with zero attached hydrogens (tertiary/aromatic N) is 2. The van der Waals surface area contributed by atoms with Crippen LogP contribution in [0.5, 0.6) is 0 Å². The molecular formula is C11H11N3. The number of pyridine rings is 2. The highest BCUT2D eigenvalue weighted by molar-refractivity contribution is 5.56. The van der Waals surface area contributed by atoms with E-state index in [2.05, 4.69) is 9.97 Å². The molecule has 2 heterocycles. The lowest BCUT2D eigenvalue weighted by molar-refractivity contribution is 1.23. The van der Waals surface area contributed by atoms with Gasteiger partial charge < -0.3 is 5.73 Å². The molecule has 0 spiro atoms. The van der Waals surface area contributed by atoms with E-state index in [-0.39, 0.29) is 0 Å². The first-order valence-corrected chi connectivity index (χ1v) is 4.41. The number of hydrogen-bond acceptors (Lipinski definition) is 3. The molecule has 2 N–H and O–H groups in total. The van der Waals surface area contributed by atoms with Gasteiger partial charge in [0, 0.05) is 6.20 Å². The minimum Gasteiger partial charge on any atom is -0.384 e. The van der Waals surface area contributed by atoms with Crippen LogP contribution >= 0.6 is 0 Å². The van der Waals surface area contributed by atoms with Gasteiger partial charge in [0.15, 0.2) is 0 Å². The third kappa shape index (κ3) is 1.71. The van der Waals surface area contributed by atoms with Crippen LogP contribution in [-0.4, -0.2) is 9.97 Å². The van der Waals surface area contributed by atoms with Gasteiger partial charge >= 0.3 is 0 Å². The SMILES string of the molecule is Cc1ccc(-c2cccc(N)n2)nc1. The summed E-state index contributed by atoms with van der Waals surface area (Å²) in [7, 11) is 0. The van der Waals surface area contributed by atoms with Gasteiger partial charge in [-0.05, 0) is 30.7 Å². The number of nitrogen functional groups attached to an aromatic ring is 1. The zero-order chi connectivity index (χ0) is 9.97. The predicted molar refractivity (Wildman–Crippen MR) is 56.6 cm³/mol. The fraction of sp³-hybridized carbons (Fsp3) is 0.0909. The summed E-state index contributed by atoms with van der Waals surface area (Å²) in [5.41, 5.74) is 8.38. The standard InChI is InChI=1S/C11H11N3/c1-8-5-6-9(13-7-8)10-3-2-4-11(12)14-10/h2-7H,1H3,(H2,12,14). The van der Waals surface area contributed by atoms with E-state index in [1.54, 1.807) is 6.07 Å². The molecule has 0 aliphatic heterocycles. The Labute approximate surface area is 82.6 Å². The van der Waals surface area contributed by atoms with Gasteiger partial charge in [0.25, 0.3) is 0 Å². The van der Waals surface area contributed by atoms with E-state index in [0.29, 0.717) is 5.82 Å². The molecule has 0 saturated carbocycles. The fourth-order valence-electron chi connectivity index (χ4n) is 1.21. The van der Waals surface area contributed by atoms with Gasteiger partial charge in [-0.25, -0.2) is 4.98 Å². The molecule has 0 aromatic carbocycles. The molecule has 0 radical (unpaired) electrons. The number of hydrogen-bond donors (Lipinski definition) is 1.